The Morgan fingerprint density at radius 3 is 1.35 bits per heavy atom. The van der Waals surface area contributed by atoms with E-state index >= 15 is 0 Å². The molecular weight excluding hydrogens is 453 g/mol. The Morgan fingerprint density at radius 2 is 0.962 bits per heavy atom. The van der Waals surface area contributed by atoms with Gasteiger partial charge < -0.3 is 19.3 Å². The molecule has 2 aliphatic heterocycles. The van der Waals surface area contributed by atoms with Crippen molar-refractivity contribution in [2.24, 2.45) is 0 Å². The first-order chi connectivity index (χ1) is 12.8. The molecule has 0 unspecified atom stereocenters. The van der Waals surface area contributed by atoms with Gasteiger partial charge in [-0.2, -0.15) is 0 Å². The maximum absolute atomic E-state index is 11.9. The predicted octanol–water partition coefficient (Wildman–Crippen LogP) is 4.04. The topological polar surface area (TPSA) is 59.1 Å². The molecule has 2 heterocycles. The number of amides is 2. The minimum Gasteiger partial charge on any atom is -0.378 e. The van der Waals surface area contributed by atoms with Crippen LogP contribution in [0.1, 0.15) is 0 Å². The van der Waals surface area contributed by atoms with Gasteiger partial charge in [0.15, 0.2) is 0 Å². The average Bonchev–Trinajstić information content (AvgIpc) is 2.70. The monoisotopic (exact) mass is 476 g/mol. The van der Waals surface area contributed by atoms with E-state index < -0.39 is 0 Å². The van der Waals surface area contributed by atoms with E-state index in [4.69, 9.17) is 9.47 Å². The lowest BCUT2D eigenvalue weighted by Crippen LogP contribution is -2.38. The van der Waals surface area contributed by atoms with Crippen LogP contribution in [0.4, 0.5) is 9.59 Å². The van der Waals surface area contributed by atoms with Crippen molar-refractivity contribution >= 4 is 75.2 Å². The van der Waals surface area contributed by atoms with E-state index in [0.717, 1.165) is 23.0 Å². The highest BCUT2D eigenvalue weighted by molar-refractivity contribution is 8.83. The summed E-state index contributed by atoms with van der Waals surface area (Å²) < 4.78 is 10.5. The van der Waals surface area contributed by atoms with Gasteiger partial charge in [0.05, 0.1) is 26.4 Å². The molecule has 0 aromatic rings. The molecule has 2 aliphatic rings. The Morgan fingerprint density at radius 1 is 0.615 bits per heavy atom. The first kappa shape index (κ1) is 23.2. The van der Waals surface area contributed by atoms with Gasteiger partial charge >= 0.3 is 0 Å². The van der Waals surface area contributed by atoms with Gasteiger partial charge in [-0.3, -0.25) is 9.59 Å². The van der Waals surface area contributed by atoms with Gasteiger partial charge in [0.25, 0.3) is 10.5 Å². The van der Waals surface area contributed by atoms with Crippen LogP contribution in [-0.2, 0) is 9.47 Å². The van der Waals surface area contributed by atoms with Crippen molar-refractivity contribution in [2.45, 2.75) is 0 Å². The third-order valence-electron chi connectivity index (χ3n) is 3.38. The Bertz CT molecular complexity index is 384. The fourth-order valence-corrected chi connectivity index (χ4v) is 9.20. The van der Waals surface area contributed by atoms with Crippen LogP contribution in [0.5, 0.6) is 0 Å². The van der Waals surface area contributed by atoms with Crippen molar-refractivity contribution in [1.29, 1.82) is 0 Å². The van der Waals surface area contributed by atoms with E-state index in [-0.39, 0.29) is 10.5 Å². The largest absolute Gasteiger partial charge is 0.378 e. The third-order valence-corrected chi connectivity index (χ3v) is 10.6. The minimum absolute atomic E-state index is 0.148. The van der Waals surface area contributed by atoms with Crippen molar-refractivity contribution < 1.29 is 19.1 Å². The Kier molecular flexibility index (Phi) is 13.3. The number of ether oxygens (including phenoxy) is 2. The molecule has 150 valence electrons. The summed E-state index contributed by atoms with van der Waals surface area (Å²) in [7, 11) is 9.59. The number of nitrogens with zero attached hydrogens (tertiary/aromatic N) is 2. The molecule has 0 aliphatic carbocycles. The van der Waals surface area contributed by atoms with Crippen molar-refractivity contribution in [2.75, 3.05) is 75.6 Å². The smallest absolute Gasteiger partial charge is 0.292 e. The van der Waals surface area contributed by atoms with Crippen LogP contribution in [0.3, 0.4) is 0 Å². The zero-order valence-corrected chi connectivity index (χ0v) is 19.4. The molecule has 0 aromatic heterocycles. The van der Waals surface area contributed by atoms with Crippen molar-refractivity contribution in [3.8, 4) is 0 Å². The molecule has 2 rings (SSSR count). The quantitative estimate of drug-likeness (QED) is 0.360. The summed E-state index contributed by atoms with van der Waals surface area (Å²) in [4.78, 5) is 27.6. The van der Waals surface area contributed by atoms with E-state index in [2.05, 4.69) is 0 Å². The molecule has 0 spiro atoms. The van der Waals surface area contributed by atoms with Gasteiger partial charge in [-0.15, -0.1) is 0 Å². The highest BCUT2D eigenvalue weighted by Gasteiger charge is 2.18. The molecule has 6 nitrogen and oxygen atoms in total. The third kappa shape index (κ3) is 9.94. The Labute approximate surface area is 178 Å². The van der Waals surface area contributed by atoms with Crippen LogP contribution >= 0.6 is 64.8 Å². The van der Waals surface area contributed by atoms with E-state index in [1.807, 2.05) is 31.4 Å². The van der Waals surface area contributed by atoms with Crippen molar-refractivity contribution in [3.05, 3.63) is 0 Å². The fraction of sp³-hybridized carbons (Fsp3) is 0.857. The molecule has 0 aromatic carbocycles. The molecule has 2 fully saturated rings. The Hall–Kier alpha value is 0.960. The summed E-state index contributed by atoms with van der Waals surface area (Å²) >= 11 is 0. The summed E-state index contributed by atoms with van der Waals surface area (Å²) in [5, 5.41) is 0.295. The molecular formula is C14H24N2O4S6. The van der Waals surface area contributed by atoms with E-state index in [0.29, 0.717) is 52.6 Å². The highest BCUT2D eigenvalue weighted by Crippen LogP contribution is 2.31. The number of rotatable bonds is 9. The molecule has 2 amide bonds. The van der Waals surface area contributed by atoms with E-state index in [1.54, 1.807) is 21.6 Å². The van der Waals surface area contributed by atoms with Gasteiger partial charge in [-0.25, -0.2) is 0 Å². The molecule has 0 radical (unpaired) electrons. The maximum atomic E-state index is 11.9. The lowest BCUT2D eigenvalue weighted by Gasteiger charge is -2.25. The molecule has 26 heavy (non-hydrogen) atoms. The fourth-order valence-electron chi connectivity index (χ4n) is 2.04. The minimum atomic E-state index is 0.148. The molecule has 2 saturated heterocycles. The highest BCUT2D eigenvalue weighted by atomic mass is 33.1. The lowest BCUT2D eigenvalue weighted by molar-refractivity contribution is 0.0593. The predicted molar refractivity (Wildman–Crippen MR) is 121 cm³/mol. The molecule has 0 N–H and O–H groups in total. The molecule has 12 heteroatoms. The summed E-state index contributed by atoms with van der Waals surface area (Å²) in [6.07, 6.45) is 0. The van der Waals surface area contributed by atoms with Gasteiger partial charge in [0.2, 0.25) is 0 Å². The van der Waals surface area contributed by atoms with Crippen LogP contribution in [0.25, 0.3) is 0 Å². The average molecular weight is 477 g/mol. The molecule has 0 atom stereocenters. The first-order valence-corrected chi connectivity index (χ1v) is 15.5. The summed E-state index contributed by atoms with van der Waals surface area (Å²) in [5.74, 6) is 3.94. The van der Waals surface area contributed by atoms with Gasteiger partial charge in [0, 0.05) is 70.8 Å². The van der Waals surface area contributed by atoms with Crippen LogP contribution in [0.2, 0.25) is 0 Å². The SMILES string of the molecule is O=C(SSCCSSCCSSC(=O)N1CCOCC1)N1CCOCC1. The summed E-state index contributed by atoms with van der Waals surface area (Å²) in [6.45, 7) is 5.44. The number of morpholine rings is 2. The second kappa shape index (κ2) is 14.9. The van der Waals surface area contributed by atoms with Gasteiger partial charge in [-0.1, -0.05) is 43.2 Å². The summed E-state index contributed by atoms with van der Waals surface area (Å²) in [5.41, 5.74) is 0. The standard InChI is InChI=1S/C14H24N2O4S6/c17-13(15-1-5-19-6-2-15)25-23-11-9-21-22-10-12-24-26-14(18)16-3-7-20-8-4-16/h1-12H2. The van der Waals surface area contributed by atoms with E-state index in [9.17, 15) is 9.59 Å². The Balaban J connectivity index is 1.34. The number of carbonyl (C=O) groups excluding carboxylic acids is 2. The zero-order chi connectivity index (χ0) is 18.5. The van der Waals surface area contributed by atoms with E-state index in [1.165, 1.54) is 21.6 Å². The second-order valence-corrected chi connectivity index (χ2v) is 12.6. The van der Waals surface area contributed by atoms with Crippen molar-refractivity contribution in [3.63, 3.8) is 0 Å². The first-order valence-electron chi connectivity index (χ1n) is 8.34. The number of hydrogen-bond donors (Lipinski definition) is 0. The molecule has 0 bridgehead atoms. The van der Waals surface area contributed by atoms with Crippen molar-refractivity contribution in [1.82, 2.24) is 9.80 Å². The summed E-state index contributed by atoms with van der Waals surface area (Å²) in [6, 6.07) is 0. The van der Waals surface area contributed by atoms with Gasteiger partial charge in [0.1, 0.15) is 0 Å². The maximum Gasteiger partial charge on any atom is 0.292 e. The molecule has 0 saturated carbocycles. The van der Waals surface area contributed by atoms with Crippen LogP contribution in [-0.4, -0.2) is 95.9 Å². The number of carbonyl (C=O) groups is 2. The zero-order valence-electron chi connectivity index (χ0n) is 14.5. The van der Waals surface area contributed by atoms with Crippen LogP contribution < -0.4 is 0 Å². The van der Waals surface area contributed by atoms with Crippen LogP contribution in [0.15, 0.2) is 0 Å². The van der Waals surface area contributed by atoms with Crippen LogP contribution in [0, 0.1) is 0 Å². The lowest BCUT2D eigenvalue weighted by atomic mass is 10.5. The second-order valence-electron chi connectivity index (χ2n) is 5.19. The normalized spacial score (nSPS) is 18.2. The number of hydrogen-bond acceptors (Lipinski definition) is 10. The van der Waals surface area contributed by atoms with Gasteiger partial charge in [-0.05, 0) is 0 Å².